The van der Waals surface area contributed by atoms with Gasteiger partial charge in [0.2, 0.25) is 0 Å². The standard InChI is InChI=1S/C21H19F2N5OS/c1-11-5-6-28(21-27-7-12(2)30-21)10-14(11)17-9-25-16(8-26-17)13-3-4-15(22)18(19(13)23)20(24)29/h3-4,7-9H,5-6,10H2,1-2H3,(H2,24,29). The van der Waals surface area contributed by atoms with E-state index in [1.165, 1.54) is 17.8 Å². The lowest BCUT2D eigenvalue weighted by Gasteiger charge is -2.29. The summed E-state index contributed by atoms with van der Waals surface area (Å²) in [6.45, 7) is 5.62. The Balaban J connectivity index is 1.64. The van der Waals surface area contributed by atoms with Crippen molar-refractivity contribution in [1.29, 1.82) is 0 Å². The smallest absolute Gasteiger partial charge is 0.254 e. The summed E-state index contributed by atoms with van der Waals surface area (Å²) in [6.07, 6.45) is 5.73. The van der Waals surface area contributed by atoms with E-state index in [2.05, 4.69) is 26.8 Å². The van der Waals surface area contributed by atoms with Crippen LogP contribution < -0.4 is 10.6 Å². The molecule has 1 aromatic carbocycles. The lowest BCUT2D eigenvalue weighted by Crippen LogP contribution is -2.30. The molecule has 0 saturated carbocycles. The van der Waals surface area contributed by atoms with E-state index in [0.717, 1.165) is 34.6 Å². The van der Waals surface area contributed by atoms with Crippen molar-refractivity contribution in [3.63, 3.8) is 0 Å². The number of thiazole rings is 1. The molecule has 0 aliphatic carbocycles. The van der Waals surface area contributed by atoms with Crippen molar-refractivity contribution in [3.05, 3.63) is 64.1 Å². The maximum Gasteiger partial charge on any atom is 0.254 e. The second-order valence-electron chi connectivity index (χ2n) is 7.12. The molecular weight excluding hydrogens is 408 g/mol. The van der Waals surface area contributed by atoms with Crippen LogP contribution in [0.2, 0.25) is 0 Å². The van der Waals surface area contributed by atoms with Crippen molar-refractivity contribution in [1.82, 2.24) is 15.0 Å². The van der Waals surface area contributed by atoms with Gasteiger partial charge in [0.1, 0.15) is 17.2 Å². The van der Waals surface area contributed by atoms with Crippen LogP contribution in [-0.2, 0) is 0 Å². The van der Waals surface area contributed by atoms with Crippen LogP contribution in [0.15, 0.2) is 36.3 Å². The number of hydrogen-bond acceptors (Lipinski definition) is 6. The van der Waals surface area contributed by atoms with Crippen molar-refractivity contribution in [2.75, 3.05) is 18.0 Å². The largest absolute Gasteiger partial charge is 0.365 e. The summed E-state index contributed by atoms with van der Waals surface area (Å²) in [5, 5.41) is 0.967. The molecule has 0 atom stereocenters. The highest BCUT2D eigenvalue weighted by atomic mass is 32.1. The lowest BCUT2D eigenvalue weighted by atomic mass is 9.99. The Labute approximate surface area is 176 Å². The Morgan fingerprint density at radius 3 is 2.47 bits per heavy atom. The molecule has 9 heteroatoms. The van der Waals surface area contributed by atoms with Crippen LogP contribution in [-0.4, -0.2) is 33.9 Å². The van der Waals surface area contributed by atoms with Gasteiger partial charge in [-0.1, -0.05) is 5.57 Å². The average Bonchev–Trinajstić information content (AvgIpc) is 3.15. The van der Waals surface area contributed by atoms with E-state index in [0.29, 0.717) is 12.2 Å². The van der Waals surface area contributed by atoms with Crippen LogP contribution in [0.1, 0.15) is 34.3 Å². The van der Waals surface area contributed by atoms with E-state index >= 15 is 0 Å². The number of rotatable bonds is 4. The van der Waals surface area contributed by atoms with Crippen LogP contribution in [0.5, 0.6) is 0 Å². The molecular formula is C21H19F2N5OS. The van der Waals surface area contributed by atoms with Gasteiger partial charge in [-0.15, -0.1) is 11.3 Å². The van der Waals surface area contributed by atoms with Gasteiger partial charge in [0.15, 0.2) is 5.13 Å². The lowest BCUT2D eigenvalue weighted by molar-refractivity contribution is 0.0992. The Morgan fingerprint density at radius 1 is 1.10 bits per heavy atom. The fourth-order valence-electron chi connectivity index (χ4n) is 3.41. The summed E-state index contributed by atoms with van der Waals surface area (Å²) in [6, 6.07) is 2.22. The Bertz CT molecular complexity index is 1160. The van der Waals surface area contributed by atoms with Gasteiger partial charge in [-0.3, -0.25) is 14.8 Å². The van der Waals surface area contributed by atoms with E-state index in [-0.39, 0.29) is 11.3 Å². The summed E-state index contributed by atoms with van der Waals surface area (Å²) in [5.74, 6) is -3.21. The molecule has 1 aliphatic heterocycles. The average molecular weight is 427 g/mol. The number of nitrogens with two attached hydrogens (primary N) is 1. The summed E-state index contributed by atoms with van der Waals surface area (Å²) in [7, 11) is 0. The predicted octanol–water partition coefficient (Wildman–Crippen LogP) is 3.97. The molecule has 0 radical (unpaired) electrons. The van der Waals surface area contributed by atoms with Gasteiger partial charge in [-0.2, -0.15) is 0 Å². The third-order valence-corrected chi connectivity index (χ3v) is 6.05. The number of anilines is 1. The van der Waals surface area contributed by atoms with Crippen molar-refractivity contribution in [2.24, 2.45) is 5.73 Å². The van der Waals surface area contributed by atoms with Crippen LogP contribution in [0.3, 0.4) is 0 Å². The van der Waals surface area contributed by atoms with E-state index in [1.807, 2.05) is 13.1 Å². The molecule has 0 saturated heterocycles. The second kappa shape index (κ2) is 7.91. The minimum Gasteiger partial charge on any atom is -0.365 e. The number of aryl methyl sites for hydroxylation is 1. The van der Waals surface area contributed by atoms with Crippen LogP contribution in [0.4, 0.5) is 13.9 Å². The number of hydrogen-bond donors (Lipinski definition) is 1. The molecule has 0 spiro atoms. The fourth-order valence-corrected chi connectivity index (χ4v) is 4.19. The number of primary amides is 1. The number of aromatic nitrogens is 3. The zero-order chi connectivity index (χ0) is 21.4. The van der Waals surface area contributed by atoms with Gasteiger partial charge in [-0.25, -0.2) is 13.8 Å². The van der Waals surface area contributed by atoms with Crippen molar-refractivity contribution >= 4 is 27.9 Å². The SMILES string of the molecule is CC1=C(c2cnc(-c3ccc(F)c(C(N)=O)c3F)cn2)CN(c2ncc(C)s2)CC1. The minimum absolute atomic E-state index is 0.0292. The van der Waals surface area contributed by atoms with Crippen molar-refractivity contribution < 1.29 is 13.6 Å². The topological polar surface area (TPSA) is 85.0 Å². The van der Waals surface area contributed by atoms with Crippen molar-refractivity contribution in [2.45, 2.75) is 20.3 Å². The monoisotopic (exact) mass is 427 g/mol. The van der Waals surface area contributed by atoms with Gasteiger partial charge < -0.3 is 10.6 Å². The summed E-state index contributed by atoms with van der Waals surface area (Å²) >= 11 is 1.64. The van der Waals surface area contributed by atoms with Gasteiger partial charge in [0.25, 0.3) is 5.91 Å². The number of halogens is 2. The number of carbonyl (C=O) groups is 1. The maximum absolute atomic E-state index is 14.6. The zero-order valence-corrected chi connectivity index (χ0v) is 17.3. The first-order chi connectivity index (χ1) is 14.3. The first kappa shape index (κ1) is 20.1. The fraction of sp³-hybridized carbons (Fsp3) is 0.238. The van der Waals surface area contributed by atoms with Gasteiger partial charge in [0, 0.05) is 29.7 Å². The molecule has 2 aromatic heterocycles. The predicted molar refractivity (Wildman–Crippen MR) is 112 cm³/mol. The van der Waals surface area contributed by atoms with Gasteiger partial charge in [-0.05, 0) is 38.0 Å². The van der Waals surface area contributed by atoms with Crippen LogP contribution in [0, 0.1) is 18.6 Å². The third-order valence-electron chi connectivity index (χ3n) is 5.07. The first-order valence-corrected chi connectivity index (χ1v) is 10.1. The molecule has 0 fully saturated rings. The third kappa shape index (κ3) is 3.68. The maximum atomic E-state index is 14.6. The molecule has 30 heavy (non-hydrogen) atoms. The quantitative estimate of drug-likeness (QED) is 0.681. The van der Waals surface area contributed by atoms with Crippen LogP contribution >= 0.6 is 11.3 Å². The first-order valence-electron chi connectivity index (χ1n) is 9.31. The van der Waals surface area contributed by atoms with E-state index in [4.69, 9.17) is 5.73 Å². The number of carbonyl (C=O) groups excluding carboxylic acids is 1. The molecule has 0 unspecified atom stereocenters. The highest BCUT2D eigenvalue weighted by Gasteiger charge is 2.23. The molecule has 3 heterocycles. The van der Waals surface area contributed by atoms with Crippen molar-refractivity contribution in [3.8, 4) is 11.3 Å². The number of amides is 1. The number of nitrogens with zero attached hydrogens (tertiary/aromatic N) is 4. The van der Waals surface area contributed by atoms with E-state index < -0.39 is 23.1 Å². The zero-order valence-electron chi connectivity index (χ0n) is 16.4. The second-order valence-corrected chi connectivity index (χ2v) is 8.33. The van der Waals surface area contributed by atoms with E-state index in [1.54, 1.807) is 17.5 Å². The molecule has 1 amide bonds. The Kier molecular flexibility index (Phi) is 5.29. The Morgan fingerprint density at radius 2 is 1.83 bits per heavy atom. The molecule has 6 nitrogen and oxygen atoms in total. The van der Waals surface area contributed by atoms with E-state index in [9.17, 15) is 13.6 Å². The highest BCUT2D eigenvalue weighted by molar-refractivity contribution is 7.15. The summed E-state index contributed by atoms with van der Waals surface area (Å²) < 4.78 is 28.3. The van der Waals surface area contributed by atoms with Gasteiger partial charge in [0.05, 0.1) is 23.8 Å². The molecule has 4 rings (SSSR count). The minimum atomic E-state index is -1.17. The molecule has 3 aromatic rings. The summed E-state index contributed by atoms with van der Waals surface area (Å²) in [5.41, 5.74) is 7.43. The highest BCUT2D eigenvalue weighted by Crippen LogP contribution is 2.31. The molecule has 2 N–H and O–H groups in total. The van der Waals surface area contributed by atoms with Gasteiger partial charge >= 0.3 is 0 Å². The normalized spacial score (nSPS) is 14.3. The molecule has 0 bridgehead atoms. The molecule has 154 valence electrons. The Hall–Kier alpha value is -3.20. The number of benzene rings is 1. The molecule has 1 aliphatic rings. The van der Waals surface area contributed by atoms with Crippen LogP contribution in [0.25, 0.3) is 16.8 Å². The summed E-state index contributed by atoms with van der Waals surface area (Å²) in [4.78, 5) is 27.9.